The summed E-state index contributed by atoms with van der Waals surface area (Å²) >= 11 is 0. The SMILES string of the molecule is CN=CC(=CN)c1cn(-c2ccc(OC(F)(F)F)cc2)c(=O)cc1Oc1ccc(C#N)cc1. The molecule has 0 aliphatic heterocycles. The van der Waals surface area contributed by atoms with Crippen molar-refractivity contribution in [2.75, 3.05) is 7.05 Å². The normalized spacial score (nSPS) is 11.9. The van der Waals surface area contributed by atoms with Crippen LogP contribution in [0.25, 0.3) is 11.3 Å². The third-order valence-corrected chi connectivity index (χ3v) is 4.33. The van der Waals surface area contributed by atoms with Crippen molar-refractivity contribution in [3.8, 4) is 29.0 Å². The molecule has 10 heteroatoms. The Bertz CT molecular complexity index is 1290. The second kappa shape index (κ2) is 9.74. The lowest BCUT2D eigenvalue weighted by Gasteiger charge is -2.15. The third-order valence-electron chi connectivity index (χ3n) is 4.33. The fourth-order valence-corrected chi connectivity index (χ4v) is 2.89. The van der Waals surface area contributed by atoms with Crippen LogP contribution in [-0.2, 0) is 0 Å². The van der Waals surface area contributed by atoms with Gasteiger partial charge in [-0.1, -0.05) is 0 Å². The van der Waals surface area contributed by atoms with E-state index in [4.69, 9.17) is 15.7 Å². The molecule has 0 radical (unpaired) electrons. The van der Waals surface area contributed by atoms with Crippen molar-refractivity contribution >= 4 is 11.8 Å². The number of benzene rings is 2. The predicted molar refractivity (Wildman–Crippen MR) is 117 cm³/mol. The average molecular weight is 454 g/mol. The Morgan fingerprint density at radius 2 is 1.76 bits per heavy atom. The zero-order valence-corrected chi connectivity index (χ0v) is 17.2. The Balaban J connectivity index is 2.06. The average Bonchev–Trinajstić information content (AvgIpc) is 2.78. The van der Waals surface area contributed by atoms with Crippen LogP contribution >= 0.6 is 0 Å². The second-order valence-electron chi connectivity index (χ2n) is 6.55. The lowest BCUT2D eigenvalue weighted by Crippen LogP contribution is -2.19. The maximum atomic E-state index is 12.8. The summed E-state index contributed by atoms with van der Waals surface area (Å²) in [5.74, 6) is 0.140. The maximum Gasteiger partial charge on any atom is 0.573 e. The quantitative estimate of drug-likeness (QED) is 0.556. The van der Waals surface area contributed by atoms with E-state index in [1.165, 1.54) is 41.4 Å². The first kappa shape index (κ1) is 23.1. The van der Waals surface area contributed by atoms with Gasteiger partial charge in [0.1, 0.15) is 17.2 Å². The van der Waals surface area contributed by atoms with Crippen LogP contribution < -0.4 is 20.8 Å². The van der Waals surface area contributed by atoms with Crippen molar-refractivity contribution in [3.63, 3.8) is 0 Å². The van der Waals surface area contributed by atoms with Gasteiger partial charge in [-0.05, 0) is 48.5 Å². The summed E-state index contributed by atoms with van der Waals surface area (Å²) in [7, 11) is 1.54. The number of nitrogens with zero attached hydrogens (tertiary/aromatic N) is 3. The van der Waals surface area contributed by atoms with Crippen molar-refractivity contribution in [2.45, 2.75) is 6.36 Å². The van der Waals surface area contributed by atoms with Gasteiger partial charge in [0.15, 0.2) is 0 Å². The summed E-state index contributed by atoms with van der Waals surface area (Å²) in [6, 6.07) is 14.3. The number of nitriles is 1. The van der Waals surface area contributed by atoms with E-state index >= 15 is 0 Å². The second-order valence-corrected chi connectivity index (χ2v) is 6.55. The van der Waals surface area contributed by atoms with Crippen LogP contribution in [0.15, 0.2) is 76.8 Å². The molecule has 2 N–H and O–H groups in total. The Morgan fingerprint density at radius 3 is 2.30 bits per heavy atom. The summed E-state index contributed by atoms with van der Waals surface area (Å²) in [6.07, 6.45) is -0.628. The fraction of sp³-hybridized carbons (Fsp3) is 0.0870. The van der Waals surface area contributed by atoms with Gasteiger partial charge < -0.3 is 15.2 Å². The van der Waals surface area contributed by atoms with E-state index in [0.717, 1.165) is 12.1 Å². The first-order valence-corrected chi connectivity index (χ1v) is 9.39. The van der Waals surface area contributed by atoms with Gasteiger partial charge in [-0.25, -0.2) is 0 Å². The molecule has 3 rings (SSSR count). The van der Waals surface area contributed by atoms with Gasteiger partial charge in [-0.2, -0.15) is 5.26 Å². The summed E-state index contributed by atoms with van der Waals surface area (Å²) in [6.45, 7) is 0. The van der Waals surface area contributed by atoms with Crippen molar-refractivity contribution in [1.29, 1.82) is 5.26 Å². The Morgan fingerprint density at radius 1 is 1.12 bits per heavy atom. The number of aliphatic imine (C=N–C) groups is 1. The molecule has 0 amide bonds. The summed E-state index contributed by atoms with van der Waals surface area (Å²) in [4.78, 5) is 16.8. The molecule has 7 nitrogen and oxygen atoms in total. The number of aromatic nitrogens is 1. The van der Waals surface area contributed by atoms with Gasteiger partial charge >= 0.3 is 6.36 Å². The molecule has 0 bridgehead atoms. The highest BCUT2D eigenvalue weighted by Gasteiger charge is 2.31. The first-order valence-electron chi connectivity index (χ1n) is 9.39. The molecule has 0 saturated heterocycles. The van der Waals surface area contributed by atoms with Gasteiger partial charge in [0, 0.05) is 48.5 Å². The number of nitrogens with two attached hydrogens (primary N) is 1. The maximum absolute atomic E-state index is 12.8. The summed E-state index contributed by atoms with van der Waals surface area (Å²) in [5.41, 5.74) is 6.82. The number of hydrogen-bond donors (Lipinski definition) is 1. The van der Waals surface area contributed by atoms with E-state index in [9.17, 15) is 18.0 Å². The molecule has 0 fully saturated rings. The molecule has 33 heavy (non-hydrogen) atoms. The molecule has 2 aromatic carbocycles. The number of alkyl halides is 3. The summed E-state index contributed by atoms with van der Waals surface area (Å²) < 4.78 is 48.2. The van der Waals surface area contributed by atoms with Crippen LogP contribution in [0, 0.1) is 11.3 Å². The highest BCUT2D eigenvalue weighted by atomic mass is 19.4. The van der Waals surface area contributed by atoms with Crippen LogP contribution in [0.1, 0.15) is 11.1 Å². The monoisotopic (exact) mass is 454 g/mol. The zero-order chi connectivity index (χ0) is 24.0. The minimum absolute atomic E-state index is 0.176. The van der Waals surface area contributed by atoms with E-state index in [1.54, 1.807) is 31.3 Å². The molecule has 1 aromatic heterocycles. The Labute approximate surface area is 186 Å². The molecule has 1 heterocycles. The van der Waals surface area contributed by atoms with Gasteiger partial charge in [-0.3, -0.25) is 14.4 Å². The largest absolute Gasteiger partial charge is 0.573 e. The van der Waals surface area contributed by atoms with Crippen LogP contribution in [-0.4, -0.2) is 24.2 Å². The van der Waals surface area contributed by atoms with E-state index in [1.807, 2.05) is 6.07 Å². The third kappa shape index (κ3) is 5.80. The zero-order valence-electron chi connectivity index (χ0n) is 17.2. The van der Waals surface area contributed by atoms with Crippen molar-refractivity contribution in [1.82, 2.24) is 4.57 Å². The molecule has 0 saturated carbocycles. The Kier molecular flexibility index (Phi) is 6.83. The van der Waals surface area contributed by atoms with Crippen LogP contribution in [0.3, 0.4) is 0 Å². The molecule has 0 aliphatic rings. The molecule has 0 spiro atoms. The Hall–Kier alpha value is -4.52. The molecule has 3 aromatic rings. The summed E-state index contributed by atoms with van der Waals surface area (Å²) in [5, 5.41) is 8.94. The van der Waals surface area contributed by atoms with Crippen LogP contribution in [0.5, 0.6) is 17.2 Å². The smallest absolute Gasteiger partial charge is 0.456 e. The van der Waals surface area contributed by atoms with E-state index in [0.29, 0.717) is 28.1 Å². The first-order chi connectivity index (χ1) is 15.7. The van der Waals surface area contributed by atoms with E-state index in [-0.39, 0.29) is 5.75 Å². The number of hydrogen-bond acceptors (Lipinski definition) is 6. The fourth-order valence-electron chi connectivity index (χ4n) is 2.89. The molecular formula is C23H17F3N4O3. The lowest BCUT2D eigenvalue weighted by atomic mass is 10.1. The minimum Gasteiger partial charge on any atom is -0.456 e. The molecule has 0 aliphatic carbocycles. The van der Waals surface area contributed by atoms with E-state index < -0.39 is 17.7 Å². The van der Waals surface area contributed by atoms with Crippen molar-refractivity contribution in [3.05, 3.63) is 88.5 Å². The van der Waals surface area contributed by atoms with Crippen molar-refractivity contribution < 1.29 is 22.6 Å². The van der Waals surface area contributed by atoms with Gasteiger partial charge in [0.2, 0.25) is 0 Å². The lowest BCUT2D eigenvalue weighted by molar-refractivity contribution is -0.274. The van der Waals surface area contributed by atoms with Gasteiger partial charge in [0.25, 0.3) is 5.56 Å². The highest BCUT2D eigenvalue weighted by Crippen LogP contribution is 2.30. The predicted octanol–water partition coefficient (Wildman–Crippen LogP) is 4.40. The van der Waals surface area contributed by atoms with Crippen molar-refractivity contribution in [2.24, 2.45) is 10.7 Å². The molecule has 168 valence electrons. The molecular weight excluding hydrogens is 437 g/mol. The van der Waals surface area contributed by atoms with E-state index in [2.05, 4.69) is 9.73 Å². The number of pyridine rings is 1. The number of allylic oxidation sites excluding steroid dienone is 1. The topological polar surface area (TPSA) is 103 Å². The van der Waals surface area contributed by atoms with Gasteiger partial charge in [-0.15, -0.1) is 13.2 Å². The molecule has 0 unspecified atom stereocenters. The van der Waals surface area contributed by atoms with Crippen LogP contribution in [0.4, 0.5) is 13.2 Å². The standard InChI is InChI=1S/C23H17F3N4O3/c1-29-13-16(12-28)20-14-30(17-4-8-19(9-5-17)33-23(24,25)26)22(31)10-21(20)32-18-6-2-15(11-27)3-7-18/h2-10,12-14H,28H2,1H3. The molecule has 0 atom stereocenters. The minimum atomic E-state index is -4.82. The number of rotatable bonds is 6. The highest BCUT2D eigenvalue weighted by molar-refractivity contribution is 6.10. The van der Waals surface area contributed by atoms with Gasteiger partial charge in [0.05, 0.1) is 11.6 Å². The van der Waals surface area contributed by atoms with Crippen LogP contribution in [0.2, 0.25) is 0 Å². The number of ether oxygens (including phenoxy) is 2. The number of halogens is 3.